The Hall–Kier alpha value is -1.68. The van der Waals surface area contributed by atoms with Gasteiger partial charge in [-0.25, -0.2) is 4.39 Å². The van der Waals surface area contributed by atoms with E-state index >= 15 is 0 Å². The Morgan fingerprint density at radius 1 is 1.33 bits per heavy atom. The maximum absolute atomic E-state index is 12.7. The molecule has 0 saturated heterocycles. The minimum absolute atomic E-state index is 0.156. The molecule has 0 bridgehead atoms. The van der Waals surface area contributed by atoms with Crippen LogP contribution in [-0.2, 0) is 6.61 Å². The molecule has 0 aliphatic heterocycles. The van der Waals surface area contributed by atoms with Crippen molar-refractivity contribution in [3.05, 3.63) is 41.3 Å². The zero-order valence-corrected chi connectivity index (χ0v) is 8.20. The van der Waals surface area contributed by atoms with Crippen molar-refractivity contribution < 1.29 is 14.0 Å². The first-order valence-corrected chi connectivity index (χ1v) is 4.54. The van der Waals surface area contributed by atoms with Crippen LogP contribution >= 0.6 is 0 Å². The smallest absolute Gasteiger partial charge is 0.170 e. The molecule has 2 rings (SSSR count). The van der Waals surface area contributed by atoms with Crippen molar-refractivity contribution in [2.75, 3.05) is 0 Å². The lowest BCUT2D eigenvalue weighted by molar-refractivity contribution is 0.266. The first-order valence-electron chi connectivity index (χ1n) is 4.54. The Bertz CT molecular complexity index is 462. The van der Waals surface area contributed by atoms with Crippen molar-refractivity contribution in [2.45, 2.75) is 13.5 Å². The van der Waals surface area contributed by atoms with Gasteiger partial charge in [-0.3, -0.25) is 0 Å². The zero-order chi connectivity index (χ0) is 10.8. The monoisotopic (exact) mass is 207 g/mol. The van der Waals surface area contributed by atoms with Gasteiger partial charge in [0.1, 0.15) is 11.5 Å². The van der Waals surface area contributed by atoms with Gasteiger partial charge in [0.05, 0.1) is 6.61 Å². The van der Waals surface area contributed by atoms with Crippen molar-refractivity contribution in [1.29, 1.82) is 0 Å². The molecule has 0 radical (unpaired) electrons. The van der Waals surface area contributed by atoms with E-state index in [1.807, 2.05) is 0 Å². The molecule has 1 aromatic heterocycles. The summed E-state index contributed by atoms with van der Waals surface area (Å²) in [4.78, 5) is 0. The number of nitrogens with zero attached hydrogens (tertiary/aromatic N) is 1. The third-order valence-corrected chi connectivity index (χ3v) is 2.28. The van der Waals surface area contributed by atoms with Crippen LogP contribution in [0.2, 0.25) is 0 Å². The molecular formula is C11H10FNO2. The lowest BCUT2D eigenvalue weighted by atomic mass is 10.1. The lowest BCUT2D eigenvalue weighted by Crippen LogP contribution is -1.86. The predicted octanol–water partition coefficient (Wildman–Crippen LogP) is 2.28. The molecule has 1 aromatic carbocycles. The summed E-state index contributed by atoms with van der Waals surface area (Å²) in [6.45, 7) is 1.65. The summed E-state index contributed by atoms with van der Waals surface area (Å²) >= 11 is 0. The Balaban J connectivity index is 2.45. The molecule has 0 fully saturated rings. The Labute approximate surface area is 86.1 Å². The minimum atomic E-state index is -0.293. The summed E-state index contributed by atoms with van der Waals surface area (Å²) < 4.78 is 17.8. The molecule has 0 spiro atoms. The van der Waals surface area contributed by atoms with Crippen molar-refractivity contribution in [2.24, 2.45) is 0 Å². The number of aliphatic hydroxyl groups excluding tert-OH is 1. The van der Waals surface area contributed by atoms with E-state index in [9.17, 15) is 4.39 Å². The van der Waals surface area contributed by atoms with Gasteiger partial charge in [-0.2, -0.15) is 0 Å². The summed E-state index contributed by atoms with van der Waals surface area (Å²) in [5.41, 5.74) is 2.04. The topological polar surface area (TPSA) is 46.3 Å². The maximum Gasteiger partial charge on any atom is 0.170 e. The molecule has 0 amide bonds. The summed E-state index contributed by atoms with van der Waals surface area (Å²) in [7, 11) is 0. The number of benzene rings is 1. The summed E-state index contributed by atoms with van der Waals surface area (Å²) in [5, 5.41) is 12.7. The van der Waals surface area contributed by atoms with Gasteiger partial charge in [-0.05, 0) is 31.2 Å². The summed E-state index contributed by atoms with van der Waals surface area (Å²) in [5.74, 6) is 0.275. The molecule has 3 nitrogen and oxygen atoms in total. The van der Waals surface area contributed by atoms with E-state index < -0.39 is 0 Å². The van der Waals surface area contributed by atoms with Gasteiger partial charge in [0.15, 0.2) is 5.76 Å². The van der Waals surface area contributed by atoms with Crippen molar-refractivity contribution >= 4 is 0 Å². The van der Waals surface area contributed by atoms with Crippen LogP contribution in [0.5, 0.6) is 0 Å². The fourth-order valence-electron chi connectivity index (χ4n) is 1.39. The highest BCUT2D eigenvalue weighted by atomic mass is 19.1. The molecule has 0 atom stereocenters. The van der Waals surface area contributed by atoms with E-state index in [4.69, 9.17) is 9.63 Å². The number of hydrogen-bond acceptors (Lipinski definition) is 3. The van der Waals surface area contributed by atoms with Gasteiger partial charge in [0.25, 0.3) is 0 Å². The fourth-order valence-corrected chi connectivity index (χ4v) is 1.39. The van der Waals surface area contributed by atoms with Crippen molar-refractivity contribution in [3.63, 3.8) is 0 Å². The van der Waals surface area contributed by atoms with E-state index in [-0.39, 0.29) is 12.4 Å². The molecule has 78 valence electrons. The molecule has 1 heterocycles. The average Bonchev–Trinajstić information content (AvgIpc) is 2.61. The van der Waals surface area contributed by atoms with Crippen LogP contribution in [0.15, 0.2) is 28.8 Å². The number of aliphatic hydroxyl groups is 1. The summed E-state index contributed by atoms with van der Waals surface area (Å²) in [6.07, 6.45) is 0. The Morgan fingerprint density at radius 3 is 2.53 bits per heavy atom. The number of rotatable bonds is 2. The van der Waals surface area contributed by atoms with Crippen molar-refractivity contribution in [3.8, 4) is 11.3 Å². The molecule has 0 saturated carbocycles. The van der Waals surface area contributed by atoms with Crippen molar-refractivity contribution in [1.82, 2.24) is 5.16 Å². The fraction of sp³-hybridized carbons (Fsp3) is 0.182. The summed E-state index contributed by atoms with van der Waals surface area (Å²) in [6, 6.07) is 5.94. The minimum Gasteiger partial charge on any atom is -0.390 e. The van der Waals surface area contributed by atoms with Crippen LogP contribution in [0, 0.1) is 12.7 Å². The van der Waals surface area contributed by atoms with Crippen LogP contribution in [0.4, 0.5) is 4.39 Å². The van der Waals surface area contributed by atoms with Gasteiger partial charge < -0.3 is 9.63 Å². The van der Waals surface area contributed by atoms with E-state index in [1.165, 1.54) is 12.1 Å². The first-order chi connectivity index (χ1) is 7.22. The van der Waals surface area contributed by atoms with E-state index in [2.05, 4.69) is 5.16 Å². The van der Waals surface area contributed by atoms with E-state index in [0.29, 0.717) is 11.5 Å². The predicted molar refractivity (Wildman–Crippen MR) is 52.6 cm³/mol. The highest BCUT2D eigenvalue weighted by Crippen LogP contribution is 2.25. The molecule has 0 aliphatic carbocycles. The SMILES string of the molecule is Cc1c(CO)noc1-c1ccc(F)cc1. The second-order valence-corrected chi connectivity index (χ2v) is 3.25. The highest BCUT2D eigenvalue weighted by molar-refractivity contribution is 5.61. The van der Waals surface area contributed by atoms with Crippen LogP contribution < -0.4 is 0 Å². The standard InChI is InChI=1S/C11H10FNO2/c1-7-10(6-14)13-15-11(7)8-2-4-9(12)5-3-8/h2-5,14H,6H2,1H3. The van der Waals surface area contributed by atoms with Crippen LogP contribution in [0.1, 0.15) is 11.3 Å². The lowest BCUT2D eigenvalue weighted by Gasteiger charge is -1.97. The van der Waals surface area contributed by atoms with Gasteiger partial charge in [0.2, 0.25) is 0 Å². The van der Waals surface area contributed by atoms with E-state index in [1.54, 1.807) is 19.1 Å². The molecule has 0 unspecified atom stereocenters. The van der Waals surface area contributed by atoms with Gasteiger partial charge in [0, 0.05) is 11.1 Å². The molecular weight excluding hydrogens is 197 g/mol. The van der Waals surface area contributed by atoms with Crippen LogP contribution in [0.25, 0.3) is 11.3 Å². The molecule has 2 aromatic rings. The highest BCUT2D eigenvalue weighted by Gasteiger charge is 2.12. The first kappa shape index (κ1) is 9.86. The molecule has 15 heavy (non-hydrogen) atoms. The third kappa shape index (κ3) is 1.76. The zero-order valence-electron chi connectivity index (χ0n) is 8.20. The van der Waals surface area contributed by atoms with E-state index in [0.717, 1.165) is 11.1 Å². The Morgan fingerprint density at radius 2 is 2.00 bits per heavy atom. The van der Waals surface area contributed by atoms with Crippen LogP contribution in [0.3, 0.4) is 0 Å². The molecule has 4 heteroatoms. The van der Waals surface area contributed by atoms with Crippen LogP contribution in [-0.4, -0.2) is 10.3 Å². The maximum atomic E-state index is 12.7. The third-order valence-electron chi connectivity index (χ3n) is 2.28. The molecule has 0 aliphatic rings. The van der Waals surface area contributed by atoms with Gasteiger partial charge >= 0.3 is 0 Å². The molecule has 1 N–H and O–H groups in total. The Kier molecular flexibility index (Phi) is 2.51. The normalized spacial score (nSPS) is 10.6. The second-order valence-electron chi connectivity index (χ2n) is 3.25. The number of hydrogen-bond donors (Lipinski definition) is 1. The quantitative estimate of drug-likeness (QED) is 0.821. The average molecular weight is 207 g/mol. The van der Waals surface area contributed by atoms with Gasteiger partial charge in [-0.1, -0.05) is 5.16 Å². The van der Waals surface area contributed by atoms with Gasteiger partial charge in [-0.15, -0.1) is 0 Å². The largest absolute Gasteiger partial charge is 0.390 e. The number of halogens is 1. The second kappa shape index (κ2) is 3.82. The number of aromatic nitrogens is 1.